The van der Waals surface area contributed by atoms with E-state index in [1.165, 1.54) is 19.4 Å². The molecule has 0 spiro atoms. The summed E-state index contributed by atoms with van der Waals surface area (Å²) in [6, 6.07) is 5.50. The number of rotatable bonds is 8. The van der Waals surface area contributed by atoms with Crippen LogP contribution in [0.5, 0.6) is 0 Å². The van der Waals surface area contributed by atoms with Crippen LogP contribution in [-0.4, -0.2) is 99.8 Å². The van der Waals surface area contributed by atoms with E-state index in [9.17, 15) is 14.4 Å². The summed E-state index contributed by atoms with van der Waals surface area (Å²) in [5.74, 6) is -2.31. The van der Waals surface area contributed by atoms with Gasteiger partial charge in [0.25, 0.3) is 5.91 Å². The van der Waals surface area contributed by atoms with Gasteiger partial charge in [0, 0.05) is 42.4 Å². The summed E-state index contributed by atoms with van der Waals surface area (Å²) < 4.78 is 6.19. The number of carbonyl (C=O) groups excluding carboxylic acids is 1. The number of ether oxygens (including phenoxy) is 1. The number of anilines is 1. The Balaban J connectivity index is 0.000000360. The highest BCUT2D eigenvalue weighted by Crippen LogP contribution is 2.31. The topological polar surface area (TPSA) is 196 Å². The molecule has 12 nitrogen and oxygen atoms in total. The van der Waals surface area contributed by atoms with Gasteiger partial charge in [0.1, 0.15) is 0 Å². The van der Waals surface area contributed by atoms with Crippen LogP contribution < -0.4 is 11.1 Å². The van der Waals surface area contributed by atoms with Crippen LogP contribution in [0, 0.1) is 11.8 Å². The number of nitrogens with one attached hydrogen (secondary N) is 1. The van der Waals surface area contributed by atoms with E-state index in [4.69, 9.17) is 30.9 Å². The van der Waals surface area contributed by atoms with Crippen molar-refractivity contribution >= 4 is 50.4 Å². The van der Waals surface area contributed by atoms with Crippen molar-refractivity contribution in [3.8, 4) is 0 Å². The van der Waals surface area contributed by atoms with Crippen molar-refractivity contribution in [1.82, 2.24) is 15.2 Å². The van der Waals surface area contributed by atoms with E-state index in [0.717, 1.165) is 54.9 Å². The van der Waals surface area contributed by atoms with E-state index in [-0.39, 0.29) is 5.91 Å². The number of aromatic nitrogens is 1. The summed E-state index contributed by atoms with van der Waals surface area (Å²) in [6.07, 6.45) is 1.81. The Kier molecular flexibility index (Phi) is 11.4. The molecule has 0 saturated carbocycles. The number of piperidine rings is 1. The Bertz CT molecular complexity index is 1130. The zero-order chi connectivity index (χ0) is 28.5. The van der Waals surface area contributed by atoms with E-state index < -0.39 is 24.1 Å². The minimum absolute atomic E-state index is 0.0842. The zero-order valence-electron chi connectivity index (χ0n) is 21.5. The lowest BCUT2D eigenvalue weighted by Gasteiger charge is -2.35. The maximum absolute atomic E-state index is 12.9. The molecule has 39 heavy (non-hydrogen) atoms. The SMILES string of the molecule is Nc1c(Br)cc(C(=O)NCC2CCN(CC3CCOCC3)CC2)c2ncccc12.O=C(O)C(O)C(O)C(=O)O. The fourth-order valence-electron chi connectivity index (χ4n) is 4.68. The number of carbonyl (C=O) groups is 3. The number of carboxylic acid groups (broad SMARTS) is 2. The van der Waals surface area contributed by atoms with Crippen LogP contribution in [-0.2, 0) is 14.3 Å². The molecule has 1 amide bonds. The number of aliphatic hydroxyl groups excluding tert-OH is 2. The van der Waals surface area contributed by atoms with Crippen molar-refractivity contribution in [3.63, 3.8) is 0 Å². The van der Waals surface area contributed by atoms with Crippen LogP contribution in [0.4, 0.5) is 5.69 Å². The first kappa shape index (κ1) is 30.7. The van der Waals surface area contributed by atoms with E-state index >= 15 is 0 Å². The minimum atomic E-state index is -2.27. The third-order valence-electron chi connectivity index (χ3n) is 7.05. The third-order valence-corrected chi connectivity index (χ3v) is 7.70. The van der Waals surface area contributed by atoms with Gasteiger partial charge < -0.3 is 41.1 Å². The highest BCUT2D eigenvalue weighted by molar-refractivity contribution is 9.10. The molecule has 4 rings (SSSR count). The molecule has 214 valence electrons. The largest absolute Gasteiger partial charge is 0.479 e. The number of likely N-dealkylation sites (tertiary alicyclic amines) is 1. The van der Waals surface area contributed by atoms with Crippen LogP contribution in [0.3, 0.4) is 0 Å². The summed E-state index contributed by atoms with van der Waals surface area (Å²) in [6.45, 7) is 5.97. The van der Waals surface area contributed by atoms with Crippen molar-refractivity contribution in [3.05, 3.63) is 34.4 Å². The maximum atomic E-state index is 12.9. The quantitative estimate of drug-likeness (QED) is 0.236. The van der Waals surface area contributed by atoms with E-state index in [1.807, 2.05) is 12.1 Å². The molecule has 3 heterocycles. The Morgan fingerprint density at radius 2 is 1.69 bits per heavy atom. The highest BCUT2D eigenvalue weighted by atomic mass is 79.9. The number of hydrogen-bond acceptors (Lipinski definition) is 9. The molecule has 2 aliphatic heterocycles. The smallest absolute Gasteiger partial charge is 0.335 e. The van der Waals surface area contributed by atoms with Gasteiger partial charge in [0.2, 0.25) is 0 Å². The molecular weight excluding hydrogens is 576 g/mol. The molecule has 0 radical (unpaired) electrons. The number of hydrogen-bond donors (Lipinski definition) is 6. The monoisotopic (exact) mass is 610 g/mol. The van der Waals surface area contributed by atoms with Gasteiger partial charge in [0.15, 0.2) is 12.2 Å². The number of carboxylic acids is 2. The molecular formula is C26H35BrN4O8. The number of fused-ring (bicyclic) bond motifs is 1. The number of nitrogen functional groups attached to an aromatic ring is 1. The fourth-order valence-corrected chi connectivity index (χ4v) is 5.12. The molecule has 2 atom stereocenters. The lowest BCUT2D eigenvalue weighted by atomic mass is 9.94. The van der Waals surface area contributed by atoms with Gasteiger partial charge in [-0.1, -0.05) is 0 Å². The molecule has 7 N–H and O–H groups in total. The zero-order valence-corrected chi connectivity index (χ0v) is 23.0. The molecule has 2 saturated heterocycles. The predicted octanol–water partition coefficient (Wildman–Crippen LogP) is 1.33. The molecule has 1 aromatic carbocycles. The summed E-state index contributed by atoms with van der Waals surface area (Å²) in [5, 5.41) is 36.5. The number of nitrogens with two attached hydrogens (primary N) is 1. The van der Waals surface area contributed by atoms with Gasteiger partial charge in [-0.3, -0.25) is 9.78 Å². The van der Waals surface area contributed by atoms with Crippen molar-refractivity contribution in [1.29, 1.82) is 0 Å². The van der Waals surface area contributed by atoms with Crippen molar-refractivity contribution < 1.29 is 39.5 Å². The lowest BCUT2D eigenvalue weighted by molar-refractivity contribution is -0.165. The molecule has 2 fully saturated rings. The first-order chi connectivity index (χ1) is 18.6. The van der Waals surface area contributed by atoms with Gasteiger partial charge in [-0.25, -0.2) is 9.59 Å². The highest BCUT2D eigenvalue weighted by Gasteiger charge is 2.29. The van der Waals surface area contributed by atoms with E-state index in [0.29, 0.717) is 29.2 Å². The van der Waals surface area contributed by atoms with Gasteiger partial charge in [-0.2, -0.15) is 0 Å². The maximum Gasteiger partial charge on any atom is 0.335 e. The fraction of sp³-hybridized carbons (Fsp3) is 0.538. The summed E-state index contributed by atoms with van der Waals surface area (Å²) in [7, 11) is 0. The average Bonchev–Trinajstić information content (AvgIpc) is 2.94. The van der Waals surface area contributed by atoms with Crippen LogP contribution in [0.25, 0.3) is 10.9 Å². The number of aliphatic hydroxyl groups is 2. The predicted molar refractivity (Wildman–Crippen MR) is 146 cm³/mol. The summed E-state index contributed by atoms with van der Waals surface area (Å²) >= 11 is 3.46. The van der Waals surface area contributed by atoms with E-state index in [2.05, 4.69) is 31.1 Å². The second-order valence-electron chi connectivity index (χ2n) is 9.80. The van der Waals surface area contributed by atoms with Gasteiger partial charge in [-0.15, -0.1) is 0 Å². The number of benzene rings is 1. The van der Waals surface area contributed by atoms with Gasteiger partial charge >= 0.3 is 11.9 Å². The molecule has 2 aromatic rings. The number of nitrogens with zero attached hydrogens (tertiary/aromatic N) is 2. The van der Waals surface area contributed by atoms with Crippen molar-refractivity contribution in [2.75, 3.05) is 45.1 Å². The molecule has 0 bridgehead atoms. The number of pyridine rings is 1. The molecule has 2 aliphatic rings. The summed E-state index contributed by atoms with van der Waals surface area (Å²) in [5.41, 5.74) is 7.96. The van der Waals surface area contributed by atoms with Crippen LogP contribution in [0.1, 0.15) is 36.0 Å². The molecule has 0 aliphatic carbocycles. The first-order valence-corrected chi connectivity index (χ1v) is 13.6. The van der Waals surface area contributed by atoms with Crippen LogP contribution in [0.15, 0.2) is 28.9 Å². The number of aliphatic carboxylic acids is 2. The number of halogens is 1. The Morgan fingerprint density at radius 3 is 2.28 bits per heavy atom. The second-order valence-corrected chi connectivity index (χ2v) is 10.6. The van der Waals surface area contributed by atoms with Gasteiger partial charge in [-0.05, 0) is 84.7 Å². The number of amides is 1. The van der Waals surface area contributed by atoms with E-state index in [1.54, 1.807) is 12.3 Å². The molecule has 1 aromatic heterocycles. The van der Waals surface area contributed by atoms with Crippen LogP contribution >= 0.6 is 15.9 Å². The standard InChI is InChI=1S/C22H29BrN4O2.C4H6O6/c23-19-12-18(21-17(20(19)24)2-1-7-25-21)22(28)26-13-15-3-8-27(9-4-15)14-16-5-10-29-11-6-16;5-1(3(7)8)2(6)4(9)10/h1-2,7,12,15-16H,3-6,8-11,13-14,24H2,(H,26,28);1-2,5-6H,(H,7,8)(H,9,10). The van der Waals surface area contributed by atoms with Crippen molar-refractivity contribution in [2.24, 2.45) is 11.8 Å². The Labute approximate surface area is 234 Å². The second kappa shape index (κ2) is 14.5. The average molecular weight is 611 g/mol. The third kappa shape index (κ3) is 8.57. The lowest BCUT2D eigenvalue weighted by Crippen LogP contribution is -2.41. The van der Waals surface area contributed by atoms with Crippen LogP contribution in [0.2, 0.25) is 0 Å². The molecule has 2 unspecified atom stereocenters. The summed E-state index contributed by atoms with van der Waals surface area (Å²) in [4.78, 5) is 39.4. The normalized spacial score (nSPS) is 18.5. The van der Waals surface area contributed by atoms with Crippen molar-refractivity contribution in [2.45, 2.75) is 37.9 Å². The minimum Gasteiger partial charge on any atom is -0.479 e. The molecule has 13 heteroatoms. The first-order valence-electron chi connectivity index (χ1n) is 12.8. The Hall–Kier alpha value is -2.84. The van der Waals surface area contributed by atoms with Gasteiger partial charge in [0.05, 0.1) is 16.8 Å². The Morgan fingerprint density at radius 1 is 1.08 bits per heavy atom.